The molecule has 0 atom stereocenters. The van der Waals surface area contributed by atoms with Gasteiger partial charge in [0.25, 0.3) is 0 Å². The molecule has 0 spiro atoms. The van der Waals surface area contributed by atoms with Gasteiger partial charge in [-0.15, -0.1) is 0 Å². The van der Waals surface area contributed by atoms with Gasteiger partial charge < -0.3 is 10.0 Å². The summed E-state index contributed by atoms with van der Waals surface area (Å²) in [7, 11) is -2.76. The molecule has 2 rings (SSSR count). The van der Waals surface area contributed by atoms with E-state index in [-0.39, 0.29) is 23.5 Å². The highest BCUT2D eigenvalue weighted by Gasteiger charge is 2.43. The van der Waals surface area contributed by atoms with Crippen LogP contribution in [0.25, 0.3) is 0 Å². The minimum Gasteiger partial charge on any atom is -0.396 e. The minimum absolute atomic E-state index is 0.112. The maximum Gasteiger partial charge on any atom is 0.152 e. The van der Waals surface area contributed by atoms with Crippen molar-refractivity contribution in [2.24, 2.45) is 5.41 Å². The van der Waals surface area contributed by atoms with Crippen molar-refractivity contribution < 1.29 is 13.5 Å². The third-order valence-corrected chi connectivity index (χ3v) is 4.90. The van der Waals surface area contributed by atoms with Crippen LogP contribution in [0.1, 0.15) is 12.8 Å². The number of sulfone groups is 1. The lowest BCUT2D eigenvalue weighted by atomic mass is 10.1. The summed E-state index contributed by atoms with van der Waals surface area (Å²) >= 11 is 0. The van der Waals surface area contributed by atoms with Crippen LogP contribution in [0.5, 0.6) is 0 Å². The van der Waals surface area contributed by atoms with Crippen LogP contribution in [0.3, 0.4) is 0 Å². The molecule has 1 N–H and O–H groups in total. The van der Waals surface area contributed by atoms with Crippen LogP contribution in [0.15, 0.2) is 0 Å². The Balaban J connectivity index is 1.84. The molecular weight excluding hydrogens is 202 g/mol. The summed E-state index contributed by atoms with van der Waals surface area (Å²) in [6.45, 7) is 2.41. The van der Waals surface area contributed by atoms with Crippen LogP contribution in [0.4, 0.5) is 0 Å². The lowest BCUT2D eigenvalue weighted by molar-refractivity contribution is 0.154. The molecule has 0 aromatic heterocycles. The average molecular weight is 219 g/mol. The molecule has 14 heavy (non-hydrogen) atoms. The molecule has 0 amide bonds. The van der Waals surface area contributed by atoms with Crippen molar-refractivity contribution in [2.75, 3.05) is 37.7 Å². The Morgan fingerprint density at radius 3 is 2.21 bits per heavy atom. The highest BCUT2D eigenvalue weighted by atomic mass is 32.2. The Morgan fingerprint density at radius 1 is 1.21 bits per heavy atom. The van der Waals surface area contributed by atoms with E-state index >= 15 is 0 Å². The maximum absolute atomic E-state index is 11.2. The van der Waals surface area contributed by atoms with Gasteiger partial charge in [0.2, 0.25) is 0 Å². The van der Waals surface area contributed by atoms with Gasteiger partial charge in [0, 0.05) is 31.7 Å². The topological polar surface area (TPSA) is 57.6 Å². The zero-order chi connectivity index (χ0) is 10.2. The Labute approximate surface area is 84.8 Å². The van der Waals surface area contributed by atoms with Gasteiger partial charge in [-0.3, -0.25) is 0 Å². The zero-order valence-corrected chi connectivity index (χ0v) is 9.09. The summed E-state index contributed by atoms with van der Waals surface area (Å²) < 4.78 is 22.3. The van der Waals surface area contributed by atoms with Crippen LogP contribution >= 0.6 is 0 Å². The highest BCUT2D eigenvalue weighted by molar-refractivity contribution is 7.91. The van der Waals surface area contributed by atoms with Crippen molar-refractivity contribution in [3.05, 3.63) is 0 Å². The third-order valence-electron chi connectivity index (χ3n) is 3.29. The quantitative estimate of drug-likeness (QED) is 0.694. The third kappa shape index (κ3) is 2.27. The van der Waals surface area contributed by atoms with E-state index in [1.165, 1.54) is 0 Å². The fraction of sp³-hybridized carbons (Fsp3) is 1.00. The predicted molar refractivity (Wildman–Crippen MR) is 53.8 cm³/mol. The second-order valence-corrected chi connectivity index (χ2v) is 6.89. The van der Waals surface area contributed by atoms with Gasteiger partial charge in [-0.05, 0) is 12.8 Å². The summed E-state index contributed by atoms with van der Waals surface area (Å²) in [4.78, 5) is 2.17. The molecule has 1 saturated carbocycles. The van der Waals surface area contributed by atoms with Gasteiger partial charge in [-0.2, -0.15) is 0 Å². The van der Waals surface area contributed by atoms with E-state index in [2.05, 4.69) is 4.90 Å². The van der Waals surface area contributed by atoms with Crippen LogP contribution in [0.2, 0.25) is 0 Å². The molecule has 2 fully saturated rings. The van der Waals surface area contributed by atoms with Crippen LogP contribution in [-0.4, -0.2) is 56.2 Å². The Bertz CT molecular complexity index is 294. The minimum atomic E-state index is -2.76. The Hall–Kier alpha value is -0.130. The second-order valence-electron chi connectivity index (χ2n) is 4.59. The van der Waals surface area contributed by atoms with Gasteiger partial charge >= 0.3 is 0 Å². The smallest absolute Gasteiger partial charge is 0.152 e. The number of rotatable bonds is 3. The van der Waals surface area contributed by atoms with Crippen molar-refractivity contribution in [1.29, 1.82) is 0 Å². The van der Waals surface area contributed by atoms with E-state index in [1.54, 1.807) is 0 Å². The van der Waals surface area contributed by atoms with Crippen molar-refractivity contribution in [3.63, 3.8) is 0 Å². The van der Waals surface area contributed by atoms with Gasteiger partial charge in [0.05, 0.1) is 11.5 Å². The molecule has 0 aromatic rings. The van der Waals surface area contributed by atoms with E-state index in [4.69, 9.17) is 5.11 Å². The van der Waals surface area contributed by atoms with E-state index in [1.807, 2.05) is 0 Å². The molecule has 0 radical (unpaired) electrons. The summed E-state index contributed by atoms with van der Waals surface area (Å²) in [6, 6.07) is 0. The van der Waals surface area contributed by atoms with Crippen LogP contribution in [0, 0.1) is 5.41 Å². The Morgan fingerprint density at radius 2 is 1.79 bits per heavy atom. The standard InChI is InChI=1S/C9H17NO3S/c11-8-9(1-2-9)7-10-3-5-14(12,13)6-4-10/h11H,1-8H2. The zero-order valence-electron chi connectivity index (χ0n) is 8.28. The molecule has 82 valence electrons. The first-order valence-electron chi connectivity index (χ1n) is 5.09. The first-order valence-corrected chi connectivity index (χ1v) is 6.91. The predicted octanol–water partition coefficient (Wildman–Crippen LogP) is -0.511. The van der Waals surface area contributed by atoms with Crippen molar-refractivity contribution in [3.8, 4) is 0 Å². The maximum atomic E-state index is 11.2. The van der Waals surface area contributed by atoms with E-state index in [0.717, 1.165) is 19.4 Å². The molecular formula is C9H17NO3S. The number of aliphatic hydroxyl groups is 1. The molecule has 0 bridgehead atoms. The van der Waals surface area contributed by atoms with E-state index in [9.17, 15) is 8.42 Å². The Kier molecular flexibility index (Phi) is 2.57. The van der Waals surface area contributed by atoms with Crippen molar-refractivity contribution in [1.82, 2.24) is 4.90 Å². The highest BCUT2D eigenvalue weighted by Crippen LogP contribution is 2.45. The van der Waals surface area contributed by atoms with E-state index in [0.29, 0.717) is 13.1 Å². The average Bonchev–Trinajstić information content (AvgIpc) is 2.90. The van der Waals surface area contributed by atoms with Gasteiger partial charge in [-0.25, -0.2) is 8.42 Å². The van der Waals surface area contributed by atoms with Crippen LogP contribution < -0.4 is 0 Å². The summed E-state index contributed by atoms with van der Waals surface area (Å²) in [6.07, 6.45) is 2.18. The number of aliphatic hydroxyl groups excluding tert-OH is 1. The lowest BCUT2D eigenvalue weighted by Gasteiger charge is -2.29. The molecule has 1 heterocycles. The van der Waals surface area contributed by atoms with Gasteiger partial charge in [0.1, 0.15) is 0 Å². The number of nitrogens with zero attached hydrogens (tertiary/aromatic N) is 1. The molecule has 5 heteroatoms. The first kappa shape index (κ1) is 10.4. The normalized spacial score (nSPS) is 30.1. The fourth-order valence-corrected chi connectivity index (χ4v) is 3.20. The molecule has 2 aliphatic rings. The molecule has 0 aromatic carbocycles. The van der Waals surface area contributed by atoms with Gasteiger partial charge in [-0.1, -0.05) is 0 Å². The molecule has 1 aliphatic carbocycles. The molecule has 4 nitrogen and oxygen atoms in total. The van der Waals surface area contributed by atoms with Crippen molar-refractivity contribution in [2.45, 2.75) is 12.8 Å². The van der Waals surface area contributed by atoms with Gasteiger partial charge in [0.15, 0.2) is 9.84 Å². The largest absolute Gasteiger partial charge is 0.396 e. The lowest BCUT2D eigenvalue weighted by Crippen LogP contribution is -2.43. The summed E-state index contributed by atoms with van der Waals surface area (Å²) in [5.41, 5.74) is 0.112. The fourth-order valence-electron chi connectivity index (χ4n) is 1.93. The number of hydrogen-bond donors (Lipinski definition) is 1. The van der Waals surface area contributed by atoms with Crippen LogP contribution in [-0.2, 0) is 9.84 Å². The number of hydrogen-bond acceptors (Lipinski definition) is 4. The summed E-state index contributed by atoms with van der Waals surface area (Å²) in [5, 5.41) is 9.14. The summed E-state index contributed by atoms with van der Waals surface area (Å²) in [5.74, 6) is 0.572. The molecule has 1 saturated heterocycles. The second kappa shape index (κ2) is 3.47. The first-order chi connectivity index (χ1) is 6.55. The van der Waals surface area contributed by atoms with Crippen molar-refractivity contribution >= 4 is 9.84 Å². The molecule has 1 aliphatic heterocycles. The monoisotopic (exact) mass is 219 g/mol. The molecule has 0 unspecified atom stereocenters. The van der Waals surface area contributed by atoms with E-state index < -0.39 is 9.84 Å². The SMILES string of the molecule is O=S1(=O)CCN(CC2(CO)CC2)CC1.